The highest BCUT2D eigenvalue weighted by atomic mass is 35.5. The van der Waals surface area contributed by atoms with Crippen LogP contribution >= 0.6 is 11.6 Å². The molecule has 3 heterocycles. The molecule has 92 valence electrons. The van der Waals surface area contributed by atoms with Crippen molar-refractivity contribution in [1.82, 2.24) is 9.88 Å². The Morgan fingerprint density at radius 1 is 1.35 bits per heavy atom. The van der Waals surface area contributed by atoms with Gasteiger partial charge < -0.3 is 10.0 Å². The fraction of sp³-hybridized carbons (Fsp3) is 0.615. The maximum atomic E-state index is 10.8. The van der Waals surface area contributed by atoms with Gasteiger partial charge in [-0.25, -0.2) is 0 Å². The molecule has 2 aliphatic rings. The lowest BCUT2D eigenvalue weighted by atomic mass is 9.83. The minimum Gasteiger partial charge on any atom is -0.383 e. The lowest BCUT2D eigenvalue weighted by molar-refractivity contribution is -0.0523. The van der Waals surface area contributed by atoms with Gasteiger partial charge in [-0.1, -0.05) is 11.6 Å². The topological polar surface area (TPSA) is 36.4 Å². The molecule has 2 saturated heterocycles. The monoisotopic (exact) mass is 252 g/mol. The van der Waals surface area contributed by atoms with E-state index in [4.69, 9.17) is 11.6 Å². The van der Waals surface area contributed by atoms with Crippen molar-refractivity contribution in [3.8, 4) is 0 Å². The third-order valence-corrected chi connectivity index (χ3v) is 4.56. The predicted molar refractivity (Wildman–Crippen MR) is 67.0 cm³/mol. The van der Waals surface area contributed by atoms with Crippen LogP contribution in [0.15, 0.2) is 18.3 Å². The van der Waals surface area contributed by atoms with E-state index in [1.807, 2.05) is 12.1 Å². The van der Waals surface area contributed by atoms with E-state index in [1.165, 1.54) is 12.8 Å². The molecular weight excluding hydrogens is 236 g/mol. The Kier molecular flexibility index (Phi) is 2.65. The molecule has 0 radical (unpaired) electrons. The van der Waals surface area contributed by atoms with Crippen molar-refractivity contribution in [3.63, 3.8) is 0 Å². The molecule has 0 amide bonds. The van der Waals surface area contributed by atoms with Crippen LogP contribution in [0.2, 0.25) is 5.02 Å². The molecule has 2 aliphatic heterocycles. The summed E-state index contributed by atoms with van der Waals surface area (Å²) in [6, 6.07) is 4.65. The largest absolute Gasteiger partial charge is 0.383 e. The lowest BCUT2D eigenvalue weighted by Gasteiger charge is -2.41. The molecule has 1 aromatic heterocycles. The molecule has 3 rings (SSSR count). The number of fused-ring (bicyclic) bond motifs is 2. The Balaban J connectivity index is 1.90. The fourth-order valence-corrected chi connectivity index (χ4v) is 3.42. The first kappa shape index (κ1) is 11.5. The van der Waals surface area contributed by atoms with E-state index in [0.717, 1.165) is 18.5 Å². The Labute approximate surface area is 106 Å². The number of piperidine rings is 1. The van der Waals surface area contributed by atoms with Crippen LogP contribution in [-0.2, 0) is 5.60 Å². The molecule has 2 fully saturated rings. The van der Waals surface area contributed by atoms with Gasteiger partial charge >= 0.3 is 0 Å². The zero-order chi connectivity index (χ0) is 12.0. The van der Waals surface area contributed by atoms with Gasteiger partial charge in [-0.2, -0.15) is 0 Å². The Morgan fingerprint density at radius 3 is 2.53 bits per heavy atom. The number of pyridine rings is 1. The van der Waals surface area contributed by atoms with Gasteiger partial charge in [0.1, 0.15) is 5.60 Å². The van der Waals surface area contributed by atoms with E-state index in [2.05, 4.69) is 16.9 Å². The molecule has 3 nitrogen and oxygen atoms in total. The molecule has 2 atom stereocenters. The SMILES string of the molecule is CN1C2CCC1CC(O)(c1ccc(Cl)cn1)C2. The molecule has 2 unspecified atom stereocenters. The van der Waals surface area contributed by atoms with Crippen molar-refractivity contribution in [2.75, 3.05) is 7.05 Å². The van der Waals surface area contributed by atoms with Crippen molar-refractivity contribution in [2.45, 2.75) is 43.4 Å². The van der Waals surface area contributed by atoms with Crippen LogP contribution in [0.4, 0.5) is 0 Å². The quantitative estimate of drug-likeness (QED) is 0.832. The van der Waals surface area contributed by atoms with Crippen LogP contribution in [0, 0.1) is 0 Å². The van der Waals surface area contributed by atoms with Gasteiger partial charge in [0.2, 0.25) is 0 Å². The number of aliphatic hydroxyl groups is 1. The Hall–Kier alpha value is -0.640. The second-order valence-corrected chi connectivity index (χ2v) is 5.79. The van der Waals surface area contributed by atoms with Crippen molar-refractivity contribution in [1.29, 1.82) is 0 Å². The van der Waals surface area contributed by atoms with Crippen molar-refractivity contribution >= 4 is 11.6 Å². The molecule has 1 aromatic rings. The van der Waals surface area contributed by atoms with E-state index in [9.17, 15) is 5.11 Å². The van der Waals surface area contributed by atoms with Gasteiger partial charge in [0, 0.05) is 18.3 Å². The van der Waals surface area contributed by atoms with Gasteiger partial charge in [-0.3, -0.25) is 4.98 Å². The van der Waals surface area contributed by atoms with Crippen molar-refractivity contribution < 1.29 is 5.11 Å². The summed E-state index contributed by atoms with van der Waals surface area (Å²) in [5.41, 5.74) is 0.00930. The summed E-state index contributed by atoms with van der Waals surface area (Å²) in [4.78, 5) is 6.70. The molecule has 2 bridgehead atoms. The van der Waals surface area contributed by atoms with Crippen molar-refractivity contribution in [3.05, 3.63) is 29.0 Å². The molecule has 0 saturated carbocycles. The average molecular weight is 253 g/mol. The van der Waals surface area contributed by atoms with E-state index in [-0.39, 0.29) is 0 Å². The van der Waals surface area contributed by atoms with Crippen molar-refractivity contribution in [2.24, 2.45) is 0 Å². The molecule has 0 spiro atoms. The number of hydrogen-bond acceptors (Lipinski definition) is 3. The first-order valence-electron chi connectivity index (χ1n) is 6.15. The smallest absolute Gasteiger partial charge is 0.109 e. The third-order valence-electron chi connectivity index (χ3n) is 4.34. The summed E-state index contributed by atoms with van der Waals surface area (Å²) in [5, 5.41) is 11.4. The van der Waals surface area contributed by atoms with Crippen LogP contribution in [0.1, 0.15) is 31.4 Å². The maximum absolute atomic E-state index is 10.8. The minimum absolute atomic E-state index is 0.497. The summed E-state index contributed by atoms with van der Waals surface area (Å²) in [6.45, 7) is 0. The standard InChI is InChI=1S/C13H17ClN2O/c1-16-10-3-4-11(16)7-13(17,6-10)12-5-2-9(14)8-15-12/h2,5,8,10-11,17H,3-4,6-7H2,1H3. The number of aromatic nitrogens is 1. The summed E-state index contributed by atoms with van der Waals surface area (Å²) >= 11 is 5.84. The number of nitrogens with zero attached hydrogens (tertiary/aromatic N) is 2. The zero-order valence-corrected chi connectivity index (χ0v) is 10.7. The number of halogens is 1. The van der Waals surface area contributed by atoms with Gasteiger partial charge in [0.25, 0.3) is 0 Å². The highest BCUT2D eigenvalue weighted by Crippen LogP contribution is 2.44. The average Bonchev–Trinajstić information content (AvgIpc) is 2.53. The highest BCUT2D eigenvalue weighted by Gasteiger charge is 2.47. The van der Waals surface area contributed by atoms with Crippen LogP contribution in [0.5, 0.6) is 0 Å². The van der Waals surface area contributed by atoms with Crippen LogP contribution in [-0.4, -0.2) is 34.1 Å². The van der Waals surface area contributed by atoms with E-state index < -0.39 is 5.60 Å². The molecule has 4 heteroatoms. The molecular formula is C13H17ClN2O. The van der Waals surface area contributed by atoms with Gasteiger partial charge in [0.15, 0.2) is 0 Å². The summed E-state index contributed by atoms with van der Waals surface area (Å²) in [5.74, 6) is 0. The number of hydrogen-bond donors (Lipinski definition) is 1. The fourth-order valence-electron chi connectivity index (χ4n) is 3.31. The summed E-state index contributed by atoms with van der Waals surface area (Å²) < 4.78 is 0. The second kappa shape index (κ2) is 3.94. The van der Waals surface area contributed by atoms with Gasteiger partial charge in [-0.15, -0.1) is 0 Å². The van der Waals surface area contributed by atoms with E-state index in [1.54, 1.807) is 6.20 Å². The molecule has 0 aliphatic carbocycles. The third kappa shape index (κ3) is 1.86. The summed E-state index contributed by atoms with van der Waals surface area (Å²) in [6.07, 6.45) is 5.58. The lowest BCUT2D eigenvalue weighted by Crippen LogP contribution is -2.47. The summed E-state index contributed by atoms with van der Waals surface area (Å²) in [7, 11) is 2.16. The van der Waals surface area contributed by atoms with Crippen LogP contribution in [0.3, 0.4) is 0 Å². The molecule has 1 N–H and O–H groups in total. The Morgan fingerprint density at radius 2 is 2.00 bits per heavy atom. The van der Waals surface area contributed by atoms with E-state index >= 15 is 0 Å². The first-order chi connectivity index (χ1) is 8.08. The maximum Gasteiger partial charge on any atom is 0.109 e. The molecule has 0 aromatic carbocycles. The Bertz CT molecular complexity index is 406. The zero-order valence-electron chi connectivity index (χ0n) is 9.93. The second-order valence-electron chi connectivity index (χ2n) is 5.35. The molecule has 17 heavy (non-hydrogen) atoms. The van der Waals surface area contributed by atoms with Crippen LogP contribution in [0.25, 0.3) is 0 Å². The normalized spacial score (nSPS) is 37.4. The number of rotatable bonds is 1. The first-order valence-corrected chi connectivity index (χ1v) is 6.53. The highest BCUT2D eigenvalue weighted by molar-refractivity contribution is 6.30. The van der Waals surface area contributed by atoms with Crippen LogP contribution < -0.4 is 0 Å². The predicted octanol–water partition coefficient (Wildman–Crippen LogP) is 2.18. The van der Waals surface area contributed by atoms with Gasteiger partial charge in [0.05, 0.1) is 10.7 Å². The van der Waals surface area contributed by atoms with Gasteiger partial charge in [-0.05, 0) is 44.9 Å². The minimum atomic E-state index is -0.761. The van der Waals surface area contributed by atoms with E-state index in [0.29, 0.717) is 17.1 Å².